The summed E-state index contributed by atoms with van der Waals surface area (Å²) in [4.78, 5) is 0.914. The van der Waals surface area contributed by atoms with E-state index in [1.807, 2.05) is 24.3 Å². The zero-order valence-electron chi connectivity index (χ0n) is 10.2. The number of hydrogen-bond donors (Lipinski definition) is 1. The average Bonchev–Trinajstić information content (AvgIpc) is 2.99. The lowest BCUT2D eigenvalue weighted by molar-refractivity contribution is 0.772. The molecule has 98 valence electrons. The van der Waals surface area contributed by atoms with E-state index < -0.39 is 0 Å². The molecule has 0 aliphatic carbocycles. The zero-order chi connectivity index (χ0) is 13.2. The monoisotopic (exact) mass is 292 g/mol. The number of nitrogens with two attached hydrogens (primary N) is 1. The summed E-state index contributed by atoms with van der Waals surface area (Å²) in [5.74, 6) is 0.964. The lowest BCUT2D eigenvalue weighted by Gasteiger charge is -2.03. The van der Waals surface area contributed by atoms with E-state index in [0.717, 1.165) is 39.9 Å². The van der Waals surface area contributed by atoms with Crippen LogP contribution in [0.1, 0.15) is 12.2 Å². The van der Waals surface area contributed by atoms with Crippen LogP contribution in [-0.4, -0.2) is 21.1 Å². The summed E-state index contributed by atoms with van der Waals surface area (Å²) in [6.45, 7) is 0.662. The molecular formula is C13H13ClN4S. The molecule has 0 saturated carbocycles. The minimum Gasteiger partial charge on any atom is -0.330 e. The van der Waals surface area contributed by atoms with Crippen LogP contribution in [0.4, 0.5) is 0 Å². The van der Waals surface area contributed by atoms with E-state index in [2.05, 4.69) is 20.0 Å². The third-order valence-electron chi connectivity index (χ3n) is 2.96. The number of thiazole rings is 1. The largest absolute Gasteiger partial charge is 0.330 e. The fourth-order valence-electron chi connectivity index (χ4n) is 2.02. The SMILES string of the molecule is NCCCc1nnc2scc(-c3ccc(Cl)cc3)n12. The first-order valence-corrected chi connectivity index (χ1v) is 7.33. The molecule has 0 unspecified atom stereocenters. The van der Waals surface area contributed by atoms with Crippen LogP contribution >= 0.6 is 22.9 Å². The van der Waals surface area contributed by atoms with Crippen molar-refractivity contribution in [1.82, 2.24) is 14.6 Å². The molecule has 0 aliphatic rings. The van der Waals surface area contributed by atoms with Crippen LogP contribution in [0.15, 0.2) is 29.6 Å². The number of halogens is 1. The Morgan fingerprint density at radius 3 is 2.74 bits per heavy atom. The number of fused-ring (bicyclic) bond motifs is 1. The minimum atomic E-state index is 0.662. The Labute approximate surface area is 119 Å². The Morgan fingerprint density at radius 1 is 1.21 bits per heavy atom. The molecule has 2 N–H and O–H groups in total. The van der Waals surface area contributed by atoms with E-state index in [-0.39, 0.29) is 0 Å². The maximum absolute atomic E-state index is 5.93. The Balaban J connectivity index is 2.07. The first-order chi connectivity index (χ1) is 9.29. The third-order valence-corrected chi connectivity index (χ3v) is 4.03. The van der Waals surface area contributed by atoms with Gasteiger partial charge in [-0.3, -0.25) is 4.40 Å². The molecule has 0 radical (unpaired) electrons. The Kier molecular flexibility index (Phi) is 3.50. The molecule has 0 aliphatic heterocycles. The molecule has 2 heterocycles. The number of benzene rings is 1. The fraction of sp³-hybridized carbons (Fsp3) is 0.231. The van der Waals surface area contributed by atoms with Gasteiger partial charge in [-0.1, -0.05) is 23.7 Å². The topological polar surface area (TPSA) is 56.2 Å². The lowest BCUT2D eigenvalue weighted by Crippen LogP contribution is -2.03. The van der Waals surface area contributed by atoms with Crippen LogP contribution < -0.4 is 5.73 Å². The summed E-state index contributed by atoms with van der Waals surface area (Å²) in [6, 6.07) is 7.81. The molecular weight excluding hydrogens is 280 g/mol. The molecule has 0 atom stereocenters. The van der Waals surface area contributed by atoms with E-state index in [1.54, 1.807) is 11.3 Å². The highest BCUT2D eigenvalue weighted by Crippen LogP contribution is 2.27. The number of nitrogens with zero attached hydrogens (tertiary/aromatic N) is 3. The highest BCUT2D eigenvalue weighted by Gasteiger charge is 2.12. The van der Waals surface area contributed by atoms with Gasteiger partial charge < -0.3 is 5.73 Å². The maximum Gasteiger partial charge on any atom is 0.216 e. The van der Waals surface area contributed by atoms with Crippen molar-refractivity contribution in [1.29, 1.82) is 0 Å². The standard InChI is InChI=1S/C13H13ClN4S/c14-10-5-3-9(4-6-10)11-8-19-13-17-16-12(18(11)13)2-1-7-15/h3-6,8H,1-2,7,15H2. The lowest BCUT2D eigenvalue weighted by atomic mass is 10.2. The van der Waals surface area contributed by atoms with Crippen molar-refractivity contribution in [2.45, 2.75) is 12.8 Å². The van der Waals surface area contributed by atoms with E-state index in [4.69, 9.17) is 17.3 Å². The first-order valence-electron chi connectivity index (χ1n) is 6.07. The van der Waals surface area contributed by atoms with Crippen LogP contribution in [0.5, 0.6) is 0 Å². The molecule has 4 nitrogen and oxygen atoms in total. The molecule has 2 aromatic heterocycles. The van der Waals surface area contributed by atoms with Gasteiger partial charge in [-0.15, -0.1) is 21.5 Å². The Bertz CT molecular complexity index is 686. The molecule has 6 heteroatoms. The third kappa shape index (κ3) is 2.36. The summed E-state index contributed by atoms with van der Waals surface area (Å²) in [5, 5.41) is 11.3. The van der Waals surface area contributed by atoms with Crippen LogP contribution in [-0.2, 0) is 6.42 Å². The molecule has 3 aromatic rings. The van der Waals surface area contributed by atoms with E-state index in [1.165, 1.54) is 0 Å². The van der Waals surface area contributed by atoms with E-state index in [0.29, 0.717) is 6.54 Å². The molecule has 0 fully saturated rings. The van der Waals surface area contributed by atoms with Crippen LogP contribution in [0.3, 0.4) is 0 Å². The van der Waals surface area contributed by atoms with Crippen molar-refractivity contribution in [3.8, 4) is 11.3 Å². The molecule has 0 amide bonds. The fourth-order valence-corrected chi connectivity index (χ4v) is 3.00. The van der Waals surface area contributed by atoms with E-state index in [9.17, 15) is 0 Å². The quantitative estimate of drug-likeness (QED) is 0.804. The van der Waals surface area contributed by atoms with Crippen molar-refractivity contribution < 1.29 is 0 Å². The smallest absolute Gasteiger partial charge is 0.216 e. The number of hydrogen-bond acceptors (Lipinski definition) is 4. The van der Waals surface area contributed by atoms with E-state index >= 15 is 0 Å². The molecule has 0 saturated heterocycles. The summed E-state index contributed by atoms with van der Waals surface area (Å²) in [7, 11) is 0. The summed E-state index contributed by atoms with van der Waals surface area (Å²) >= 11 is 7.52. The van der Waals surface area contributed by atoms with Crippen molar-refractivity contribution >= 4 is 27.9 Å². The Morgan fingerprint density at radius 2 is 2.00 bits per heavy atom. The summed E-state index contributed by atoms with van der Waals surface area (Å²) in [5.41, 5.74) is 7.78. The highest BCUT2D eigenvalue weighted by atomic mass is 35.5. The van der Waals surface area contributed by atoms with Gasteiger partial charge in [0.05, 0.1) is 5.69 Å². The van der Waals surface area contributed by atoms with Crippen LogP contribution in [0.2, 0.25) is 5.02 Å². The van der Waals surface area contributed by atoms with Crippen molar-refractivity contribution in [2.75, 3.05) is 6.54 Å². The van der Waals surface area contributed by atoms with Crippen molar-refractivity contribution in [2.24, 2.45) is 5.73 Å². The first kappa shape index (κ1) is 12.6. The number of aryl methyl sites for hydroxylation is 1. The van der Waals surface area contributed by atoms with Gasteiger partial charge in [0, 0.05) is 16.8 Å². The van der Waals surface area contributed by atoms with Gasteiger partial charge in [0.15, 0.2) is 0 Å². The maximum atomic E-state index is 5.93. The van der Waals surface area contributed by atoms with Crippen molar-refractivity contribution in [3.63, 3.8) is 0 Å². The van der Waals surface area contributed by atoms with Gasteiger partial charge in [0.2, 0.25) is 4.96 Å². The predicted octanol–water partition coefficient (Wildman–Crippen LogP) is 3.00. The minimum absolute atomic E-state index is 0.662. The molecule has 19 heavy (non-hydrogen) atoms. The van der Waals surface area contributed by atoms with Gasteiger partial charge in [-0.25, -0.2) is 0 Å². The van der Waals surface area contributed by atoms with Gasteiger partial charge >= 0.3 is 0 Å². The molecule has 1 aromatic carbocycles. The van der Waals surface area contributed by atoms with Gasteiger partial charge in [-0.05, 0) is 30.7 Å². The van der Waals surface area contributed by atoms with Gasteiger partial charge in [0.25, 0.3) is 0 Å². The molecule has 3 rings (SSSR count). The van der Waals surface area contributed by atoms with Crippen LogP contribution in [0, 0.1) is 0 Å². The van der Waals surface area contributed by atoms with Gasteiger partial charge in [0.1, 0.15) is 5.82 Å². The Hall–Kier alpha value is -1.43. The zero-order valence-corrected chi connectivity index (χ0v) is 11.8. The number of aromatic nitrogens is 3. The second-order valence-electron chi connectivity index (χ2n) is 4.25. The summed E-state index contributed by atoms with van der Waals surface area (Å²) in [6.07, 6.45) is 1.76. The molecule has 0 bridgehead atoms. The second kappa shape index (κ2) is 5.28. The van der Waals surface area contributed by atoms with Crippen LogP contribution in [0.25, 0.3) is 16.2 Å². The summed E-state index contributed by atoms with van der Waals surface area (Å²) < 4.78 is 2.10. The predicted molar refractivity (Wildman–Crippen MR) is 78.7 cm³/mol. The number of rotatable bonds is 4. The normalized spacial score (nSPS) is 11.3. The van der Waals surface area contributed by atoms with Gasteiger partial charge in [-0.2, -0.15) is 0 Å². The second-order valence-corrected chi connectivity index (χ2v) is 5.53. The average molecular weight is 293 g/mol. The molecule has 0 spiro atoms. The van der Waals surface area contributed by atoms with Crippen molar-refractivity contribution in [3.05, 3.63) is 40.5 Å². The highest BCUT2D eigenvalue weighted by molar-refractivity contribution is 7.15.